The Hall–Kier alpha value is -2.46. The number of Topliss-reactive ketones (excluding diaryl/α,β-unsaturated/α-hetero) is 1. The van der Waals surface area contributed by atoms with Crippen LogP contribution in [0, 0.1) is 10.8 Å². The van der Waals surface area contributed by atoms with E-state index in [1.54, 1.807) is 7.11 Å². The average molecular weight is 390 g/mol. The van der Waals surface area contributed by atoms with Gasteiger partial charge in [-0.25, -0.2) is 0 Å². The van der Waals surface area contributed by atoms with Crippen LogP contribution in [0.25, 0.3) is 11.1 Å². The molecule has 0 heterocycles. The van der Waals surface area contributed by atoms with Gasteiger partial charge in [0.05, 0.1) is 17.4 Å². The van der Waals surface area contributed by atoms with Crippen LogP contribution in [0.2, 0.25) is 0 Å². The highest BCUT2D eigenvalue weighted by Crippen LogP contribution is 2.79. The normalized spacial score (nSPS) is 27.7. The summed E-state index contributed by atoms with van der Waals surface area (Å²) in [7, 11) is 1.57. The highest BCUT2D eigenvalue weighted by atomic mass is 16.5. The minimum atomic E-state index is -0.713. The van der Waals surface area contributed by atoms with E-state index in [1.165, 1.54) is 0 Å². The maximum atomic E-state index is 13.7. The molecule has 3 aliphatic carbocycles. The minimum Gasteiger partial charge on any atom is -0.466 e. The van der Waals surface area contributed by atoms with Gasteiger partial charge in [-0.1, -0.05) is 48.5 Å². The number of carbonyl (C=O) groups excluding carboxylic acids is 2. The fourth-order valence-electron chi connectivity index (χ4n) is 6.96. The summed E-state index contributed by atoms with van der Waals surface area (Å²) in [6.45, 7) is 2.27. The summed E-state index contributed by atoms with van der Waals surface area (Å²) < 4.78 is 11.0. The zero-order valence-electron chi connectivity index (χ0n) is 17.0. The molecule has 0 atom stereocenters. The number of ether oxygens (including phenoxy) is 2. The van der Waals surface area contributed by atoms with Gasteiger partial charge in [-0.05, 0) is 54.9 Å². The summed E-state index contributed by atoms with van der Waals surface area (Å²) in [5.41, 5.74) is 2.44. The SMILES string of the molecule is CCOC(=O)C12CCC(C(=O)COC)(CC1)C21c2ccccc2-c2ccccc21. The predicted octanol–water partition coefficient (Wildman–Crippen LogP) is 4.29. The van der Waals surface area contributed by atoms with E-state index in [0.29, 0.717) is 32.3 Å². The molecule has 2 aromatic rings. The van der Waals surface area contributed by atoms with Gasteiger partial charge in [0.2, 0.25) is 0 Å². The number of hydrogen-bond donors (Lipinski definition) is 0. The molecule has 2 fully saturated rings. The Morgan fingerprint density at radius 2 is 1.38 bits per heavy atom. The molecule has 4 heteroatoms. The first-order valence-corrected chi connectivity index (χ1v) is 10.5. The molecule has 0 saturated heterocycles. The summed E-state index contributed by atoms with van der Waals surface area (Å²) in [4.78, 5) is 27.2. The van der Waals surface area contributed by atoms with Crippen LogP contribution >= 0.6 is 0 Å². The molecule has 4 nitrogen and oxygen atoms in total. The number of carbonyl (C=O) groups is 2. The standard InChI is InChI=1S/C25H26O4/c1-3-29-22(27)24-14-12-23(13-15-24,21(26)16-28-2)25(24)19-10-6-4-8-17(19)18-9-5-7-11-20(18)25/h4-11H,3,12-16H2,1-2H3. The maximum absolute atomic E-state index is 13.7. The number of fused-ring (bicyclic) bond motifs is 3. The fourth-order valence-corrected chi connectivity index (χ4v) is 6.96. The predicted molar refractivity (Wildman–Crippen MR) is 110 cm³/mol. The third kappa shape index (κ3) is 1.93. The smallest absolute Gasteiger partial charge is 0.313 e. The first kappa shape index (κ1) is 18.6. The van der Waals surface area contributed by atoms with Gasteiger partial charge < -0.3 is 9.47 Å². The Bertz CT molecular complexity index is 916. The monoisotopic (exact) mass is 390 g/mol. The number of hydrogen-bond acceptors (Lipinski definition) is 4. The third-order valence-electron chi connectivity index (χ3n) is 7.82. The lowest BCUT2D eigenvalue weighted by molar-refractivity contribution is -0.157. The van der Waals surface area contributed by atoms with Crippen molar-refractivity contribution >= 4 is 11.8 Å². The highest BCUT2D eigenvalue weighted by molar-refractivity contribution is 5.99. The Morgan fingerprint density at radius 3 is 1.90 bits per heavy atom. The van der Waals surface area contributed by atoms with E-state index in [4.69, 9.17) is 9.47 Å². The minimum absolute atomic E-state index is 0.0744. The molecule has 0 N–H and O–H groups in total. The van der Waals surface area contributed by atoms with E-state index in [2.05, 4.69) is 24.3 Å². The summed E-state index contributed by atoms with van der Waals surface area (Å²) >= 11 is 0. The zero-order valence-corrected chi connectivity index (χ0v) is 17.0. The van der Waals surface area contributed by atoms with Gasteiger partial charge in [0, 0.05) is 12.5 Å². The zero-order chi connectivity index (χ0) is 20.3. The van der Waals surface area contributed by atoms with Gasteiger partial charge >= 0.3 is 5.97 Å². The molecule has 2 bridgehead atoms. The second kappa shape index (κ2) is 6.27. The molecule has 1 spiro atoms. The second-order valence-corrected chi connectivity index (χ2v) is 8.58. The van der Waals surface area contributed by atoms with E-state index in [9.17, 15) is 9.59 Å². The number of ketones is 1. The second-order valence-electron chi connectivity index (χ2n) is 8.58. The number of rotatable bonds is 5. The summed E-state index contributed by atoms with van der Waals surface area (Å²) in [5, 5.41) is 0. The number of benzene rings is 2. The molecule has 2 saturated carbocycles. The topological polar surface area (TPSA) is 52.6 Å². The van der Waals surface area contributed by atoms with Gasteiger partial charge in [0.15, 0.2) is 5.78 Å². The maximum Gasteiger partial charge on any atom is 0.313 e. The lowest BCUT2D eigenvalue weighted by Crippen LogP contribution is -2.52. The van der Waals surface area contributed by atoms with Gasteiger partial charge in [-0.2, -0.15) is 0 Å². The Kier molecular flexibility index (Phi) is 4.01. The van der Waals surface area contributed by atoms with Crippen molar-refractivity contribution in [3.05, 3.63) is 59.7 Å². The van der Waals surface area contributed by atoms with Gasteiger partial charge in [0.25, 0.3) is 0 Å². The molecule has 5 rings (SSSR count). The molecule has 3 aliphatic rings. The average Bonchev–Trinajstić information content (AvgIpc) is 3.34. The molecule has 0 radical (unpaired) electrons. The lowest BCUT2D eigenvalue weighted by Gasteiger charge is -2.45. The largest absolute Gasteiger partial charge is 0.466 e. The van der Waals surface area contributed by atoms with Crippen molar-refractivity contribution in [2.75, 3.05) is 20.3 Å². The van der Waals surface area contributed by atoms with Crippen LogP contribution in [-0.2, 0) is 24.5 Å². The van der Waals surface area contributed by atoms with Crippen LogP contribution in [0.3, 0.4) is 0 Å². The summed E-state index contributed by atoms with van der Waals surface area (Å²) in [6.07, 6.45) is 2.72. The van der Waals surface area contributed by atoms with E-state index in [0.717, 1.165) is 22.3 Å². The Balaban J connectivity index is 1.88. The van der Waals surface area contributed by atoms with Crippen molar-refractivity contribution in [2.45, 2.75) is 38.0 Å². The molecule has 0 aliphatic heterocycles. The van der Waals surface area contributed by atoms with Crippen molar-refractivity contribution < 1.29 is 19.1 Å². The van der Waals surface area contributed by atoms with Crippen LogP contribution in [-0.4, -0.2) is 32.1 Å². The first-order chi connectivity index (χ1) is 14.1. The van der Waals surface area contributed by atoms with E-state index >= 15 is 0 Å². The Morgan fingerprint density at radius 1 is 0.862 bits per heavy atom. The number of esters is 1. The lowest BCUT2D eigenvalue weighted by atomic mass is 9.55. The van der Waals surface area contributed by atoms with Crippen LogP contribution < -0.4 is 0 Å². The van der Waals surface area contributed by atoms with Gasteiger partial charge in [-0.15, -0.1) is 0 Å². The third-order valence-corrected chi connectivity index (χ3v) is 7.82. The molecule has 2 aromatic carbocycles. The summed E-state index contributed by atoms with van der Waals surface area (Å²) in [5.74, 6) is -0.0497. The van der Waals surface area contributed by atoms with Crippen LogP contribution in [0.4, 0.5) is 0 Å². The van der Waals surface area contributed by atoms with Crippen LogP contribution in [0.15, 0.2) is 48.5 Å². The molecule has 0 amide bonds. The van der Waals surface area contributed by atoms with Crippen molar-refractivity contribution in [2.24, 2.45) is 10.8 Å². The van der Waals surface area contributed by atoms with Crippen molar-refractivity contribution in [1.82, 2.24) is 0 Å². The molecule has 0 aromatic heterocycles. The summed E-state index contributed by atoms with van der Waals surface area (Å²) in [6, 6.07) is 16.6. The van der Waals surface area contributed by atoms with Crippen molar-refractivity contribution in [3.63, 3.8) is 0 Å². The molecule has 150 valence electrons. The van der Waals surface area contributed by atoms with Gasteiger partial charge in [0.1, 0.15) is 6.61 Å². The fraction of sp³-hybridized carbons (Fsp3) is 0.440. The Labute approximate surface area is 171 Å². The van der Waals surface area contributed by atoms with Crippen LogP contribution in [0.1, 0.15) is 43.7 Å². The van der Waals surface area contributed by atoms with Crippen molar-refractivity contribution in [1.29, 1.82) is 0 Å². The van der Waals surface area contributed by atoms with E-state index < -0.39 is 16.2 Å². The van der Waals surface area contributed by atoms with Crippen LogP contribution in [0.5, 0.6) is 0 Å². The molecular weight excluding hydrogens is 364 g/mol. The number of methoxy groups -OCH3 is 1. The quantitative estimate of drug-likeness (QED) is 0.715. The van der Waals surface area contributed by atoms with E-state index in [1.807, 2.05) is 31.2 Å². The van der Waals surface area contributed by atoms with E-state index in [-0.39, 0.29) is 18.4 Å². The molecule has 0 unspecified atom stereocenters. The first-order valence-electron chi connectivity index (χ1n) is 10.5. The molecular formula is C25H26O4. The van der Waals surface area contributed by atoms with Gasteiger partial charge in [-0.3, -0.25) is 9.59 Å². The highest BCUT2D eigenvalue weighted by Gasteiger charge is 2.80. The van der Waals surface area contributed by atoms with Crippen molar-refractivity contribution in [3.8, 4) is 11.1 Å². The molecule has 29 heavy (non-hydrogen) atoms.